The van der Waals surface area contributed by atoms with Crippen LogP contribution in [-0.4, -0.2) is 88.3 Å². The molecule has 0 fully saturated rings. The Morgan fingerprint density at radius 1 is 0.970 bits per heavy atom. The van der Waals surface area contributed by atoms with Gasteiger partial charge in [-0.25, -0.2) is 4.79 Å². The maximum atomic E-state index is 13.4. The van der Waals surface area contributed by atoms with E-state index >= 15 is 0 Å². The zero-order valence-electron chi connectivity index (χ0n) is 20.4. The fourth-order valence-corrected chi connectivity index (χ4v) is 4.24. The quantitative estimate of drug-likeness (QED) is 0.469. The second kappa shape index (κ2) is 13.1. The van der Waals surface area contributed by atoms with E-state index in [0.29, 0.717) is 44.2 Å². The van der Waals surface area contributed by atoms with Crippen molar-refractivity contribution in [3.8, 4) is 11.5 Å². The Morgan fingerprint density at radius 3 is 2.27 bits per heavy atom. The number of urea groups is 1. The van der Waals surface area contributed by atoms with Gasteiger partial charge in [0.2, 0.25) is 5.91 Å². The molecular weight excluding hydrogens is 442 g/mol. The van der Waals surface area contributed by atoms with E-state index in [9.17, 15) is 9.59 Å². The summed E-state index contributed by atoms with van der Waals surface area (Å²) in [5.41, 5.74) is 2.19. The van der Waals surface area contributed by atoms with Crippen molar-refractivity contribution in [2.24, 2.45) is 0 Å². The van der Waals surface area contributed by atoms with E-state index in [2.05, 4.69) is 6.07 Å². The van der Waals surface area contributed by atoms with Crippen LogP contribution < -0.4 is 9.47 Å². The third kappa shape index (κ3) is 7.64. The maximum Gasteiger partial charge on any atom is 0.320 e. The van der Waals surface area contributed by atoms with Gasteiger partial charge >= 0.3 is 6.03 Å². The number of aryl methyl sites for hydroxylation is 1. The van der Waals surface area contributed by atoms with Gasteiger partial charge in [-0.1, -0.05) is 6.07 Å². The molecule has 182 valence electrons. The Hall–Kier alpha value is -2.78. The van der Waals surface area contributed by atoms with Crippen molar-refractivity contribution in [2.45, 2.75) is 19.9 Å². The first-order valence-electron chi connectivity index (χ1n) is 10.8. The fourth-order valence-electron chi connectivity index (χ4n) is 3.32. The molecule has 0 saturated carbocycles. The third-order valence-corrected chi connectivity index (χ3v) is 6.33. The molecule has 0 atom stereocenters. The minimum Gasteiger partial charge on any atom is -0.493 e. The van der Waals surface area contributed by atoms with Crippen LogP contribution in [0.15, 0.2) is 29.6 Å². The molecule has 0 unspecified atom stereocenters. The van der Waals surface area contributed by atoms with E-state index in [1.165, 1.54) is 9.80 Å². The number of carbonyl (C=O) groups excluding carboxylic acids is 2. The van der Waals surface area contributed by atoms with E-state index in [1.54, 1.807) is 46.8 Å². The molecule has 0 aliphatic carbocycles. The lowest BCUT2D eigenvalue weighted by Crippen LogP contribution is -2.47. The molecule has 8 nitrogen and oxygen atoms in total. The summed E-state index contributed by atoms with van der Waals surface area (Å²) in [4.78, 5) is 31.9. The Bertz CT molecular complexity index is 915. The first-order chi connectivity index (χ1) is 15.8. The molecule has 0 aliphatic heterocycles. The molecule has 1 aromatic carbocycles. The Kier molecular flexibility index (Phi) is 10.5. The highest BCUT2D eigenvalue weighted by molar-refractivity contribution is 7.10. The number of carbonyl (C=O) groups is 2. The molecule has 0 aliphatic rings. The van der Waals surface area contributed by atoms with E-state index in [-0.39, 0.29) is 18.5 Å². The average molecular weight is 478 g/mol. The van der Waals surface area contributed by atoms with Crippen LogP contribution in [0.25, 0.3) is 0 Å². The number of methoxy groups -OCH3 is 3. The maximum absolute atomic E-state index is 13.4. The summed E-state index contributed by atoms with van der Waals surface area (Å²) in [5.74, 6) is 1.22. The minimum atomic E-state index is -0.215. The van der Waals surface area contributed by atoms with Gasteiger partial charge in [0.1, 0.15) is 6.54 Å². The van der Waals surface area contributed by atoms with Gasteiger partial charge in [0.05, 0.1) is 27.4 Å². The molecule has 2 aromatic rings. The normalized spacial score (nSPS) is 10.6. The number of benzene rings is 1. The van der Waals surface area contributed by atoms with Gasteiger partial charge in [-0.15, -0.1) is 11.3 Å². The molecule has 2 rings (SSSR count). The van der Waals surface area contributed by atoms with Gasteiger partial charge in [-0.3, -0.25) is 4.79 Å². The number of rotatable bonds is 12. The zero-order chi connectivity index (χ0) is 24.4. The van der Waals surface area contributed by atoms with Gasteiger partial charge in [0, 0.05) is 39.2 Å². The van der Waals surface area contributed by atoms with Crippen molar-refractivity contribution >= 4 is 23.3 Å². The van der Waals surface area contributed by atoms with Gasteiger partial charge < -0.3 is 28.9 Å². The molecule has 9 heteroatoms. The van der Waals surface area contributed by atoms with Crippen molar-refractivity contribution in [2.75, 3.05) is 61.7 Å². The van der Waals surface area contributed by atoms with Gasteiger partial charge in [-0.2, -0.15) is 0 Å². The highest BCUT2D eigenvalue weighted by Gasteiger charge is 2.23. The predicted octanol–water partition coefficient (Wildman–Crippen LogP) is 3.28. The molecule has 1 heterocycles. The van der Waals surface area contributed by atoms with Gasteiger partial charge in [0.15, 0.2) is 11.5 Å². The number of ether oxygens (including phenoxy) is 3. The van der Waals surface area contributed by atoms with Crippen LogP contribution in [0, 0.1) is 6.92 Å². The first kappa shape index (κ1) is 26.5. The molecule has 1 aromatic heterocycles. The third-order valence-electron chi connectivity index (χ3n) is 5.32. The lowest BCUT2D eigenvalue weighted by Gasteiger charge is -2.29. The summed E-state index contributed by atoms with van der Waals surface area (Å²) < 4.78 is 15.9. The molecule has 0 radical (unpaired) electrons. The molecular formula is C24H35N3O5S. The van der Waals surface area contributed by atoms with Crippen LogP contribution in [0.5, 0.6) is 11.5 Å². The summed E-state index contributed by atoms with van der Waals surface area (Å²) in [6.07, 6.45) is 0.649. The minimum absolute atomic E-state index is 0.00324. The van der Waals surface area contributed by atoms with E-state index < -0.39 is 0 Å². The van der Waals surface area contributed by atoms with Crippen molar-refractivity contribution in [1.29, 1.82) is 0 Å². The predicted molar refractivity (Wildman–Crippen MR) is 130 cm³/mol. The summed E-state index contributed by atoms with van der Waals surface area (Å²) in [5, 5.41) is 2.03. The topological polar surface area (TPSA) is 71.5 Å². The van der Waals surface area contributed by atoms with Crippen LogP contribution in [-0.2, 0) is 22.5 Å². The SMILES string of the molecule is COCCN(CC(=O)N(CCc1ccc(OC)c(OC)c1)Cc1sccc1C)C(=O)N(C)C. The van der Waals surface area contributed by atoms with E-state index in [1.807, 2.05) is 35.4 Å². The number of nitrogens with zero attached hydrogens (tertiary/aromatic N) is 3. The molecule has 33 heavy (non-hydrogen) atoms. The molecule has 3 amide bonds. The monoisotopic (exact) mass is 477 g/mol. The second-order valence-corrected chi connectivity index (χ2v) is 8.87. The summed E-state index contributed by atoms with van der Waals surface area (Å²) in [7, 11) is 8.14. The number of hydrogen-bond donors (Lipinski definition) is 0. The Morgan fingerprint density at radius 2 is 1.70 bits per heavy atom. The van der Waals surface area contributed by atoms with Crippen molar-refractivity contribution in [3.63, 3.8) is 0 Å². The van der Waals surface area contributed by atoms with Crippen LogP contribution in [0.2, 0.25) is 0 Å². The molecule has 0 saturated heterocycles. The number of thiophene rings is 1. The summed E-state index contributed by atoms with van der Waals surface area (Å²) in [6.45, 7) is 3.77. The molecule has 0 bridgehead atoms. The van der Waals surface area contributed by atoms with Crippen LogP contribution >= 0.6 is 11.3 Å². The van der Waals surface area contributed by atoms with Crippen LogP contribution in [0.4, 0.5) is 4.79 Å². The van der Waals surface area contributed by atoms with Gasteiger partial charge in [-0.05, 0) is 48.1 Å². The average Bonchev–Trinajstić information content (AvgIpc) is 3.22. The fraction of sp³-hybridized carbons (Fsp3) is 0.500. The number of hydrogen-bond acceptors (Lipinski definition) is 6. The summed E-state index contributed by atoms with van der Waals surface area (Å²) in [6, 6.07) is 7.61. The van der Waals surface area contributed by atoms with Crippen LogP contribution in [0.3, 0.4) is 0 Å². The van der Waals surface area contributed by atoms with E-state index in [4.69, 9.17) is 14.2 Å². The van der Waals surface area contributed by atoms with Crippen molar-refractivity contribution < 1.29 is 23.8 Å². The van der Waals surface area contributed by atoms with Crippen LogP contribution in [0.1, 0.15) is 16.0 Å². The lowest BCUT2D eigenvalue weighted by atomic mass is 10.1. The highest BCUT2D eigenvalue weighted by atomic mass is 32.1. The molecule has 0 spiro atoms. The highest BCUT2D eigenvalue weighted by Crippen LogP contribution is 2.28. The van der Waals surface area contributed by atoms with E-state index in [0.717, 1.165) is 16.0 Å². The van der Waals surface area contributed by atoms with Crippen molar-refractivity contribution in [3.05, 3.63) is 45.6 Å². The largest absolute Gasteiger partial charge is 0.493 e. The zero-order valence-corrected chi connectivity index (χ0v) is 21.2. The Labute approximate surface area is 200 Å². The first-order valence-corrected chi connectivity index (χ1v) is 11.7. The standard InChI is InChI=1S/C24H35N3O5S/c1-18-10-14-33-22(18)16-26(11-9-19-7-8-20(31-5)21(15-19)32-6)23(28)17-27(12-13-30-4)24(29)25(2)3/h7-8,10,14-15H,9,11-13,16-17H2,1-6H3. The lowest BCUT2D eigenvalue weighted by molar-refractivity contribution is -0.132. The number of amides is 3. The molecule has 0 N–H and O–H groups in total. The van der Waals surface area contributed by atoms with Gasteiger partial charge in [0.25, 0.3) is 0 Å². The van der Waals surface area contributed by atoms with Crippen molar-refractivity contribution in [1.82, 2.24) is 14.7 Å². The Balaban J connectivity index is 2.19. The smallest absolute Gasteiger partial charge is 0.320 e. The summed E-state index contributed by atoms with van der Waals surface area (Å²) >= 11 is 1.63. The second-order valence-electron chi connectivity index (χ2n) is 7.87.